The van der Waals surface area contributed by atoms with Gasteiger partial charge in [-0.25, -0.2) is 4.79 Å². The number of carboxylic acids is 1. The number of rotatable bonds is 32. The zero-order valence-electron chi connectivity index (χ0n) is 57.4. The highest BCUT2D eigenvalue weighted by atomic mass is 16.8. The monoisotopic (exact) mass is 1550 g/mol. The maximum atomic E-state index is 13.3. The van der Waals surface area contributed by atoms with Crippen molar-refractivity contribution in [3.63, 3.8) is 0 Å². The Morgan fingerprint density at radius 3 is 1.43 bits per heavy atom. The fourth-order valence-corrected chi connectivity index (χ4v) is 13.2. The first-order chi connectivity index (χ1) is 49.9. The Hall–Kier alpha value is -4.13. The van der Waals surface area contributed by atoms with E-state index in [-0.39, 0.29) is 0 Å². The van der Waals surface area contributed by atoms with Crippen LogP contribution in [0.1, 0.15) is 41.0 Å². The molecule has 0 aliphatic carbocycles. The van der Waals surface area contributed by atoms with Crippen molar-refractivity contribution in [3.05, 3.63) is 0 Å². The van der Waals surface area contributed by atoms with Crippen LogP contribution in [0, 0.1) is 0 Å². The summed E-state index contributed by atoms with van der Waals surface area (Å²) in [5.74, 6) is -9.18. The largest absolute Gasteiger partial charge is 0.477 e. The standard InChI is InChI=1S/C59H100N4O43/c1-15-32(78)39(85)41(87)54(94-15)103-49-31(63-19(5)74)52(98-28(13-70)47(49)102-57-44(90)51(37(83)26(11-68)97-57)106-59(58(91)92)6-21(75)29(61-17(3)72)48(105-59)33(79)22(76)8-65)93-14-23(77)34(80)45(20(7-64)60-16(2)71)100-56-43(89)50(36(82)25(10-67)96-56)104-53-30(62-18(4)73)38(84)46(27(12-69)99-53)101-55-42(88)40(86)35(81)24(9-66)95-55/h15,20-57,64-70,75-90H,6-14H2,1-5H3,(H,60,71)(H,61,72)(H,62,73)(H,63,74)(H,91,92)/t15-,20-,21-,22+,23+,24+,25+,26+,27+,28+,29+,30+,31+,32+,33+,34-,35-,36-,37-,38+,39+,40-,41-,42+,43+,44+,45+,46+,47+,48+,49+,50-,51-,52+,53-,54-,55-,56-,57-,59-/m0/s1. The molecule has 7 fully saturated rings. The van der Waals surface area contributed by atoms with Gasteiger partial charge >= 0.3 is 5.97 Å². The molecule has 106 heavy (non-hydrogen) atoms. The van der Waals surface area contributed by atoms with Crippen molar-refractivity contribution in [1.29, 1.82) is 0 Å². The second-order valence-electron chi connectivity index (χ2n) is 26.5. The predicted octanol–water partition coefficient (Wildman–Crippen LogP) is -18.0. The lowest BCUT2D eigenvalue weighted by atomic mass is 9.88. The third-order valence-corrected chi connectivity index (χ3v) is 18.8. The number of hydrogen-bond donors (Lipinski definition) is 28. The van der Waals surface area contributed by atoms with E-state index in [0.717, 1.165) is 27.7 Å². The highest BCUT2D eigenvalue weighted by molar-refractivity contribution is 5.77. The number of nitrogens with one attached hydrogen (secondary N) is 4. The molecular formula is C59H100N4O43. The average molecular weight is 1550 g/mol. The fourth-order valence-electron chi connectivity index (χ4n) is 13.2. The summed E-state index contributed by atoms with van der Waals surface area (Å²) >= 11 is 0. The molecule has 7 rings (SSSR count). The van der Waals surface area contributed by atoms with E-state index < -0.39 is 334 Å². The third-order valence-electron chi connectivity index (χ3n) is 18.8. The molecule has 0 aromatic heterocycles. The number of ether oxygens (including phenoxy) is 14. The molecule has 614 valence electrons. The van der Waals surface area contributed by atoms with Gasteiger partial charge in [-0.3, -0.25) is 19.2 Å². The number of hydrogen-bond acceptors (Lipinski definition) is 42. The summed E-state index contributed by atoms with van der Waals surface area (Å²) in [6, 6.07) is -7.45. The topological polar surface area (TPSA) is 748 Å². The van der Waals surface area contributed by atoms with Gasteiger partial charge in [0.25, 0.3) is 5.79 Å². The van der Waals surface area contributed by atoms with Crippen molar-refractivity contribution < 1.29 is 213 Å². The average Bonchev–Trinajstić information content (AvgIpc) is 0.769. The van der Waals surface area contributed by atoms with E-state index in [1.165, 1.54) is 6.92 Å². The summed E-state index contributed by atoms with van der Waals surface area (Å²) in [4.78, 5) is 64.2. The third kappa shape index (κ3) is 20.2. The smallest absolute Gasteiger partial charge is 0.364 e. The van der Waals surface area contributed by atoms with Crippen molar-refractivity contribution >= 4 is 29.6 Å². The van der Waals surface area contributed by atoms with E-state index in [0.29, 0.717) is 0 Å². The molecule has 40 atom stereocenters. The van der Waals surface area contributed by atoms with Gasteiger partial charge < -0.3 is 210 Å². The lowest BCUT2D eigenvalue weighted by molar-refractivity contribution is -0.391. The van der Waals surface area contributed by atoms with Crippen molar-refractivity contribution in [3.8, 4) is 0 Å². The number of carboxylic acid groups (broad SMARTS) is 1. The van der Waals surface area contributed by atoms with Gasteiger partial charge in [-0.2, -0.15) is 0 Å². The zero-order valence-corrected chi connectivity index (χ0v) is 57.4. The van der Waals surface area contributed by atoms with E-state index in [1.807, 2.05) is 0 Å². The number of carbonyl (C=O) groups is 5. The quantitative estimate of drug-likeness (QED) is 0.0297. The first-order valence-corrected chi connectivity index (χ1v) is 33.5. The lowest BCUT2D eigenvalue weighted by Crippen LogP contribution is -2.71. The van der Waals surface area contributed by atoms with Gasteiger partial charge in [-0.15, -0.1) is 0 Å². The minimum atomic E-state index is -3.31. The Bertz CT molecular complexity index is 2800. The first kappa shape index (κ1) is 89.1. The van der Waals surface area contributed by atoms with Gasteiger partial charge in [-0.05, 0) is 6.92 Å². The zero-order chi connectivity index (χ0) is 79.0. The molecule has 0 aromatic carbocycles. The first-order valence-electron chi connectivity index (χ1n) is 33.5. The second kappa shape index (κ2) is 38.9. The molecule has 7 aliphatic heterocycles. The van der Waals surface area contributed by atoms with Crippen LogP contribution in [-0.4, -0.2) is 450 Å². The van der Waals surface area contributed by atoms with E-state index in [4.69, 9.17) is 66.3 Å². The van der Waals surface area contributed by atoms with Crippen molar-refractivity contribution in [2.75, 3.05) is 52.9 Å². The van der Waals surface area contributed by atoms with Crippen LogP contribution in [0.25, 0.3) is 0 Å². The molecule has 0 radical (unpaired) electrons. The molecule has 7 heterocycles. The number of carbonyl (C=O) groups excluding carboxylic acids is 4. The van der Waals surface area contributed by atoms with Gasteiger partial charge in [0.2, 0.25) is 23.6 Å². The Morgan fingerprint density at radius 2 is 0.896 bits per heavy atom. The summed E-state index contributed by atoms with van der Waals surface area (Å²) in [6.45, 7) is -4.31. The molecule has 47 nitrogen and oxygen atoms in total. The normalized spacial score (nSPS) is 44.1. The van der Waals surface area contributed by atoms with Crippen LogP contribution in [0.15, 0.2) is 0 Å². The summed E-state index contributed by atoms with van der Waals surface area (Å²) in [5.41, 5.74) is 0. The van der Waals surface area contributed by atoms with Crippen LogP contribution < -0.4 is 21.3 Å². The van der Waals surface area contributed by atoms with Crippen molar-refractivity contribution in [2.45, 2.75) is 286 Å². The maximum Gasteiger partial charge on any atom is 0.364 e. The van der Waals surface area contributed by atoms with Crippen LogP contribution >= 0.6 is 0 Å². The number of aliphatic carboxylic acids is 1. The van der Waals surface area contributed by atoms with Crippen LogP contribution in [0.4, 0.5) is 0 Å². The Labute approximate surface area is 601 Å². The summed E-state index contributed by atoms with van der Waals surface area (Å²) in [7, 11) is 0. The van der Waals surface area contributed by atoms with E-state index in [1.54, 1.807) is 0 Å². The Morgan fingerprint density at radius 1 is 0.443 bits per heavy atom. The Balaban J connectivity index is 1.18. The number of aliphatic hydroxyl groups is 23. The van der Waals surface area contributed by atoms with Crippen LogP contribution in [0.5, 0.6) is 0 Å². The predicted molar refractivity (Wildman–Crippen MR) is 329 cm³/mol. The molecule has 0 spiro atoms. The molecular weight excluding hydrogens is 1450 g/mol. The van der Waals surface area contributed by atoms with Crippen LogP contribution in [0.3, 0.4) is 0 Å². The van der Waals surface area contributed by atoms with Gasteiger partial charge in [0, 0.05) is 34.1 Å². The summed E-state index contributed by atoms with van der Waals surface area (Å²) in [6.07, 6.45) is -74.9. The molecule has 0 saturated carbocycles. The van der Waals surface area contributed by atoms with Gasteiger partial charge in [0.05, 0.1) is 77.1 Å². The molecule has 0 unspecified atom stereocenters. The highest BCUT2D eigenvalue weighted by Crippen LogP contribution is 2.41. The van der Waals surface area contributed by atoms with E-state index >= 15 is 0 Å². The van der Waals surface area contributed by atoms with Crippen LogP contribution in [0.2, 0.25) is 0 Å². The van der Waals surface area contributed by atoms with Gasteiger partial charge in [0.15, 0.2) is 37.7 Å². The van der Waals surface area contributed by atoms with Gasteiger partial charge in [0.1, 0.15) is 177 Å². The minimum Gasteiger partial charge on any atom is -0.477 e. The molecule has 4 amide bonds. The molecule has 47 heteroatoms. The van der Waals surface area contributed by atoms with E-state index in [9.17, 15) is 147 Å². The molecule has 28 N–H and O–H groups in total. The minimum absolute atomic E-state index is 0.873. The summed E-state index contributed by atoms with van der Waals surface area (Å²) < 4.78 is 82.0. The molecule has 7 saturated heterocycles. The maximum absolute atomic E-state index is 13.3. The molecule has 0 aromatic rings. The van der Waals surface area contributed by atoms with Gasteiger partial charge in [-0.1, -0.05) is 0 Å². The van der Waals surface area contributed by atoms with E-state index in [2.05, 4.69) is 21.3 Å². The molecule has 0 bridgehead atoms. The SMILES string of the molecule is CC(=O)N[C@H]1[C@H](O[C@H]2[C@@H](O)[C@@H](CO)O[C@@H](O[C@@H]([C@@H](O)[C@H](O)CO[C@@H]3O[C@H](CO)[C@@H](O[C@@H]4O[C@H](CO)[C@H](O)[C@H](O[C@]5(C(=O)O)C[C@H](O)[C@@H](NC(C)=O)[C@H]([C@H](O)[C@H](O)CO)O5)[C@H]4O)[C@H](O[C@@H]4O[C@@H](C)[C@@H](O)[C@@H](O)[C@@H]4O)[C@H]3NC(C)=O)[C@H](CO)NC(C)=O)[C@@H]2O)O[C@H](CO)[C@@H](O[C@@H]2O[C@H](CO)[C@H](O)[C@H](O)[C@H]2O)[C@@H]1O. The number of amides is 4. The molecule has 7 aliphatic rings. The van der Waals surface area contributed by atoms with Crippen molar-refractivity contribution in [2.24, 2.45) is 0 Å². The second-order valence-corrected chi connectivity index (χ2v) is 26.5. The number of aliphatic hydroxyl groups excluding tert-OH is 23. The Kier molecular flexibility index (Phi) is 32.7. The lowest BCUT2D eigenvalue weighted by Gasteiger charge is -2.51. The van der Waals surface area contributed by atoms with Crippen molar-refractivity contribution in [1.82, 2.24) is 21.3 Å². The highest BCUT2D eigenvalue weighted by Gasteiger charge is 2.62. The fraction of sp³-hybridized carbons (Fsp3) is 0.915. The van der Waals surface area contributed by atoms with Crippen LogP contribution in [-0.2, 0) is 90.3 Å². The summed E-state index contributed by atoms with van der Waals surface area (Å²) in [5, 5.41) is 273.